The van der Waals surface area contributed by atoms with Crippen LogP contribution in [0.3, 0.4) is 0 Å². The average molecular weight is 370 g/mol. The SMILES string of the molecule is CSc1ccc(CCNC(=O)CC2Oc3ccc(C)cc3NC2=O)cc1. The van der Waals surface area contributed by atoms with E-state index in [1.165, 1.54) is 10.5 Å². The van der Waals surface area contributed by atoms with Gasteiger partial charge in [0.2, 0.25) is 5.91 Å². The molecule has 0 saturated carbocycles. The van der Waals surface area contributed by atoms with Crippen molar-refractivity contribution in [3.05, 3.63) is 53.6 Å². The molecule has 1 aliphatic rings. The Labute approximate surface area is 157 Å². The Bertz CT molecular complexity index is 805. The second kappa shape index (κ2) is 8.27. The molecule has 2 aromatic rings. The van der Waals surface area contributed by atoms with E-state index in [-0.39, 0.29) is 18.2 Å². The zero-order chi connectivity index (χ0) is 18.5. The summed E-state index contributed by atoms with van der Waals surface area (Å²) in [6.45, 7) is 2.47. The minimum absolute atomic E-state index is 0.00453. The smallest absolute Gasteiger partial charge is 0.266 e. The Kier molecular flexibility index (Phi) is 5.83. The molecule has 6 heteroatoms. The number of rotatable bonds is 6. The number of carbonyl (C=O) groups is 2. The van der Waals surface area contributed by atoms with Gasteiger partial charge in [0.1, 0.15) is 5.75 Å². The lowest BCUT2D eigenvalue weighted by atomic mass is 10.1. The molecule has 0 spiro atoms. The highest BCUT2D eigenvalue weighted by Crippen LogP contribution is 2.30. The van der Waals surface area contributed by atoms with Crippen LogP contribution < -0.4 is 15.4 Å². The van der Waals surface area contributed by atoms with Gasteiger partial charge in [-0.3, -0.25) is 9.59 Å². The Hall–Kier alpha value is -2.47. The van der Waals surface area contributed by atoms with Crippen LogP contribution in [0.1, 0.15) is 17.5 Å². The van der Waals surface area contributed by atoms with Crippen LogP contribution in [-0.4, -0.2) is 30.7 Å². The average Bonchev–Trinajstić information content (AvgIpc) is 2.63. The summed E-state index contributed by atoms with van der Waals surface area (Å²) in [6, 6.07) is 13.8. The molecule has 5 nitrogen and oxygen atoms in total. The maximum atomic E-state index is 12.1. The summed E-state index contributed by atoms with van der Waals surface area (Å²) in [6.07, 6.45) is 1.99. The van der Waals surface area contributed by atoms with Crippen LogP contribution in [0.2, 0.25) is 0 Å². The van der Waals surface area contributed by atoms with Crippen molar-refractivity contribution in [2.75, 3.05) is 18.1 Å². The molecule has 0 aromatic heterocycles. The van der Waals surface area contributed by atoms with Crippen molar-refractivity contribution in [3.8, 4) is 5.75 Å². The molecule has 0 saturated heterocycles. The molecule has 1 aliphatic heterocycles. The third kappa shape index (κ3) is 4.58. The predicted molar refractivity (Wildman–Crippen MR) is 104 cm³/mol. The van der Waals surface area contributed by atoms with E-state index in [4.69, 9.17) is 4.74 Å². The van der Waals surface area contributed by atoms with Gasteiger partial charge in [-0.2, -0.15) is 0 Å². The summed E-state index contributed by atoms with van der Waals surface area (Å²) in [5.41, 5.74) is 2.86. The lowest BCUT2D eigenvalue weighted by Gasteiger charge is -2.25. The van der Waals surface area contributed by atoms with Gasteiger partial charge in [-0.05, 0) is 55.0 Å². The number of hydrogen-bond donors (Lipinski definition) is 2. The molecule has 3 rings (SSSR count). The minimum Gasteiger partial charge on any atom is -0.478 e. The van der Waals surface area contributed by atoms with Gasteiger partial charge < -0.3 is 15.4 Å². The number of hydrogen-bond acceptors (Lipinski definition) is 4. The molecule has 0 aliphatic carbocycles. The first-order chi connectivity index (χ1) is 12.5. The molecule has 26 heavy (non-hydrogen) atoms. The fraction of sp³-hybridized carbons (Fsp3) is 0.300. The number of anilines is 1. The summed E-state index contributed by atoms with van der Waals surface area (Å²) >= 11 is 1.70. The quantitative estimate of drug-likeness (QED) is 0.767. The lowest BCUT2D eigenvalue weighted by molar-refractivity contribution is -0.130. The van der Waals surface area contributed by atoms with E-state index in [1.54, 1.807) is 11.8 Å². The summed E-state index contributed by atoms with van der Waals surface area (Å²) in [5.74, 6) is 0.120. The van der Waals surface area contributed by atoms with E-state index in [1.807, 2.05) is 31.4 Å². The van der Waals surface area contributed by atoms with Crippen molar-refractivity contribution in [3.63, 3.8) is 0 Å². The molecular weight excluding hydrogens is 348 g/mol. The van der Waals surface area contributed by atoms with Crippen molar-refractivity contribution in [1.29, 1.82) is 0 Å². The maximum absolute atomic E-state index is 12.1. The standard InChI is InChI=1S/C20H22N2O3S/c1-13-3-8-17-16(11-13)22-20(24)18(25-17)12-19(23)21-10-9-14-4-6-15(26-2)7-5-14/h3-8,11,18H,9-10,12H2,1-2H3,(H,21,23)(H,22,24). The summed E-state index contributed by atoms with van der Waals surface area (Å²) in [5, 5.41) is 5.66. The van der Waals surface area contributed by atoms with Crippen LogP contribution in [0, 0.1) is 6.92 Å². The highest BCUT2D eigenvalue weighted by Gasteiger charge is 2.29. The molecule has 0 fully saturated rings. The van der Waals surface area contributed by atoms with Gasteiger partial charge in [-0.15, -0.1) is 11.8 Å². The van der Waals surface area contributed by atoms with Crippen LogP contribution in [0.4, 0.5) is 5.69 Å². The Morgan fingerprint density at radius 2 is 2.00 bits per heavy atom. The topological polar surface area (TPSA) is 67.4 Å². The first kappa shape index (κ1) is 18.3. The lowest BCUT2D eigenvalue weighted by Crippen LogP contribution is -2.41. The van der Waals surface area contributed by atoms with Crippen LogP contribution >= 0.6 is 11.8 Å². The van der Waals surface area contributed by atoms with Gasteiger partial charge in [0, 0.05) is 11.4 Å². The molecule has 1 heterocycles. The van der Waals surface area contributed by atoms with Gasteiger partial charge in [0.25, 0.3) is 5.91 Å². The summed E-state index contributed by atoms with van der Waals surface area (Å²) in [7, 11) is 0. The molecule has 1 atom stereocenters. The molecule has 2 aromatic carbocycles. The zero-order valence-electron chi connectivity index (χ0n) is 14.9. The Morgan fingerprint density at radius 1 is 1.23 bits per heavy atom. The maximum Gasteiger partial charge on any atom is 0.266 e. The normalized spacial score (nSPS) is 15.6. The number of nitrogens with one attached hydrogen (secondary N) is 2. The van der Waals surface area contributed by atoms with E-state index in [0.29, 0.717) is 18.0 Å². The Balaban J connectivity index is 1.48. The predicted octanol–water partition coefficient (Wildman–Crippen LogP) is 3.17. The number of carbonyl (C=O) groups excluding carboxylic acids is 2. The van der Waals surface area contributed by atoms with Crippen LogP contribution in [0.25, 0.3) is 0 Å². The van der Waals surface area contributed by atoms with Crippen molar-refractivity contribution in [2.45, 2.75) is 30.8 Å². The number of amides is 2. The van der Waals surface area contributed by atoms with Gasteiger partial charge in [-0.1, -0.05) is 18.2 Å². The van der Waals surface area contributed by atoms with Crippen LogP contribution in [-0.2, 0) is 16.0 Å². The highest BCUT2D eigenvalue weighted by atomic mass is 32.2. The molecule has 136 valence electrons. The second-order valence-electron chi connectivity index (χ2n) is 6.25. The van der Waals surface area contributed by atoms with E-state index >= 15 is 0 Å². The molecule has 1 unspecified atom stereocenters. The summed E-state index contributed by atoms with van der Waals surface area (Å²) in [4.78, 5) is 25.5. The van der Waals surface area contributed by atoms with Crippen molar-refractivity contribution in [1.82, 2.24) is 5.32 Å². The van der Waals surface area contributed by atoms with E-state index in [2.05, 4.69) is 34.9 Å². The van der Waals surface area contributed by atoms with Gasteiger partial charge in [0.15, 0.2) is 6.10 Å². The highest BCUT2D eigenvalue weighted by molar-refractivity contribution is 7.98. The molecule has 0 bridgehead atoms. The third-order valence-corrected chi connectivity index (χ3v) is 4.96. The van der Waals surface area contributed by atoms with Gasteiger partial charge in [-0.25, -0.2) is 0 Å². The number of ether oxygens (including phenoxy) is 1. The second-order valence-corrected chi connectivity index (χ2v) is 7.13. The number of thioether (sulfide) groups is 1. The fourth-order valence-corrected chi connectivity index (χ4v) is 3.19. The molecule has 2 amide bonds. The first-order valence-electron chi connectivity index (χ1n) is 8.53. The fourth-order valence-electron chi connectivity index (χ4n) is 2.78. The number of fused-ring (bicyclic) bond motifs is 1. The van der Waals surface area contributed by atoms with E-state index in [0.717, 1.165) is 12.0 Å². The van der Waals surface area contributed by atoms with Crippen molar-refractivity contribution < 1.29 is 14.3 Å². The molecule has 2 N–H and O–H groups in total. The van der Waals surface area contributed by atoms with E-state index in [9.17, 15) is 9.59 Å². The molecule has 0 radical (unpaired) electrons. The van der Waals surface area contributed by atoms with Crippen molar-refractivity contribution in [2.24, 2.45) is 0 Å². The zero-order valence-corrected chi connectivity index (χ0v) is 15.7. The monoisotopic (exact) mass is 370 g/mol. The number of benzene rings is 2. The van der Waals surface area contributed by atoms with Gasteiger partial charge >= 0.3 is 0 Å². The largest absolute Gasteiger partial charge is 0.478 e. The summed E-state index contributed by atoms with van der Waals surface area (Å²) < 4.78 is 5.68. The Morgan fingerprint density at radius 3 is 2.73 bits per heavy atom. The van der Waals surface area contributed by atoms with Gasteiger partial charge in [0.05, 0.1) is 12.1 Å². The molecular formula is C20H22N2O3S. The van der Waals surface area contributed by atoms with Crippen LogP contribution in [0.15, 0.2) is 47.4 Å². The third-order valence-electron chi connectivity index (χ3n) is 4.22. The first-order valence-corrected chi connectivity index (χ1v) is 9.75. The van der Waals surface area contributed by atoms with E-state index < -0.39 is 6.10 Å². The van der Waals surface area contributed by atoms with Crippen LogP contribution in [0.5, 0.6) is 5.75 Å². The van der Waals surface area contributed by atoms with Crippen molar-refractivity contribution >= 4 is 29.3 Å². The number of aryl methyl sites for hydroxylation is 1. The minimum atomic E-state index is -0.800.